The molecule has 1 saturated carbocycles. The first-order valence-electron chi connectivity index (χ1n) is 4.96. The SMILES string of the molecule is CCC(C(=O)[O-])C1CCCCC1.[Na+]. The summed E-state index contributed by atoms with van der Waals surface area (Å²) in [5.74, 6) is -0.636. The van der Waals surface area contributed by atoms with Gasteiger partial charge in [-0.25, -0.2) is 0 Å². The molecule has 0 saturated heterocycles. The third kappa shape index (κ3) is 4.01. The van der Waals surface area contributed by atoms with Crippen molar-refractivity contribution >= 4 is 5.97 Å². The van der Waals surface area contributed by atoms with E-state index in [9.17, 15) is 9.90 Å². The summed E-state index contributed by atoms with van der Waals surface area (Å²) < 4.78 is 0. The molecular weight excluding hydrogens is 175 g/mol. The number of carboxylic acids is 1. The maximum atomic E-state index is 10.7. The van der Waals surface area contributed by atoms with E-state index in [-0.39, 0.29) is 35.5 Å². The number of carbonyl (C=O) groups is 1. The van der Waals surface area contributed by atoms with E-state index >= 15 is 0 Å². The summed E-state index contributed by atoms with van der Waals surface area (Å²) in [6.45, 7) is 1.94. The molecule has 1 atom stereocenters. The first-order valence-corrected chi connectivity index (χ1v) is 4.96. The fourth-order valence-electron chi connectivity index (χ4n) is 2.23. The predicted octanol–water partition coefficient (Wildman–Crippen LogP) is -1.65. The Morgan fingerprint density at radius 3 is 2.31 bits per heavy atom. The van der Waals surface area contributed by atoms with Crippen LogP contribution in [-0.4, -0.2) is 5.97 Å². The fourth-order valence-corrected chi connectivity index (χ4v) is 2.23. The Balaban J connectivity index is 0.00000144. The molecule has 0 spiro atoms. The molecule has 0 aromatic carbocycles. The first-order chi connectivity index (χ1) is 5.75. The van der Waals surface area contributed by atoms with E-state index in [1.165, 1.54) is 19.3 Å². The summed E-state index contributed by atoms with van der Waals surface area (Å²) in [4.78, 5) is 10.7. The molecule has 2 nitrogen and oxygen atoms in total. The van der Waals surface area contributed by atoms with Gasteiger partial charge in [0, 0.05) is 11.9 Å². The van der Waals surface area contributed by atoms with Gasteiger partial charge in [-0.1, -0.05) is 26.2 Å². The van der Waals surface area contributed by atoms with Crippen LogP contribution in [0.25, 0.3) is 0 Å². The molecule has 0 aromatic rings. The summed E-state index contributed by atoms with van der Waals surface area (Å²) in [6.07, 6.45) is 6.59. The topological polar surface area (TPSA) is 40.1 Å². The Morgan fingerprint density at radius 1 is 1.38 bits per heavy atom. The van der Waals surface area contributed by atoms with Crippen molar-refractivity contribution in [3.8, 4) is 0 Å². The summed E-state index contributed by atoms with van der Waals surface area (Å²) in [5, 5.41) is 10.7. The molecule has 0 radical (unpaired) electrons. The average Bonchev–Trinajstić information content (AvgIpc) is 2.07. The number of rotatable bonds is 3. The number of carboxylic acid groups (broad SMARTS) is 1. The van der Waals surface area contributed by atoms with Gasteiger partial charge in [-0.15, -0.1) is 0 Å². The number of hydrogen-bond donors (Lipinski definition) is 0. The van der Waals surface area contributed by atoms with E-state index in [0.717, 1.165) is 19.3 Å². The second-order valence-corrected chi connectivity index (χ2v) is 3.73. The van der Waals surface area contributed by atoms with Gasteiger partial charge in [-0.05, 0) is 25.2 Å². The molecule has 1 aliphatic carbocycles. The van der Waals surface area contributed by atoms with Crippen LogP contribution in [0.3, 0.4) is 0 Å². The first kappa shape index (κ1) is 13.5. The normalized spacial score (nSPS) is 20.4. The number of aliphatic carboxylic acids is 1. The van der Waals surface area contributed by atoms with Crippen molar-refractivity contribution in [2.45, 2.75) is 45.4 Å². The molecule has 1 rings (SSSR count). The van der Waals surface area contributed by atoms with Gasteiger partial charge in [0.05, 0.1) is 0 Å². The zero-order chi connectivity index (χ0) is 8.97. The molecule has 0 amide bonds. The van der Waals surface area contributed by atoms with E-state index in [4.69, 9.17) is 0 Å². The van der Waals surface area contributed by atoms with Gasteiger partial charge < -0.3 is 9.90 Å². The number of carbonyl (C=O) groups excluding carboxylic acids is 1. The van der Waals surface area contributed by atoms with Crippen molar-refractivity contribution in [3.63, 3.8) is 0 Å². The molecule has 70 valence electrons. The molecule has 1 fully saturated rings. The van der Waals surface area contributed by atoms with Crippen LogP contribution in [0.5, 0.6) is 0 Å². The van der Waals surface area contributed by atoms with Gasteiger partial charge in [-0.3, -0.25) is 0 Å². The second kappa shape index (κ2) is 6.86. The van der Waals surface area contributed by atoms with E-state index in [0.29, 0.717) is 5.92 Å². The largest absolute Gasteiger partial charge is 1.00 e. The zero-order valence-electron chi connectivity index (χ0n) is 8.71. The maximum absolute atomic E-state index is 10.7. The van der Waals surface area contributed by atoms with E-state index in [1.807, 2.05) is 6.92 Å². The molecule has 0 bridgehead atoms. The monoisotopic (exact) mass is 192 g/mol. The van der Waals surface area contributed by atoms with Crippen LogP contribution in [0, 0.1) is 11.8 Å². The third-order valence-electron chi connectivity index (χ3n) is 2.96. The minimum atomic E-state index is -0.843. The molecular formula is C10H17NaO2. The van der Waals surface area contributed by atoms with Crippen LogP contribution in [0.1, 0.15) is 45.4 Å². The molecule has 1 unspecified atom stereocenters. The number of hydrogen-bond acceptors (Lipinski definition) is 2. The molecule has 13 heavy (non-hydrogen) atoms. The minimum absolute atomic E-state index is 0. The fraction of sp³-hybridized carbons (Fsp3) is 0.900. The van der Waals surface area contributed by atoms with Crippen LogP contribution in [-0.2, 0) is 4.79 Å². The van der Waals surface area contributed by atoms with Crippen LogP contribution in [0.2, 0.25) is 0 Å². The van der Waals surface area contributed by atoms with Crippen molar-refractivity contribution in [1.82, 2.24) is 0 Å². The smallest absolute Gasteiger partial charge is 0.550 e. The standard InChI is InChI=1S/C10H18O2.Na/c1-2-9(10(11)12)8-6-4-3-5-7-8;/h8-9H,2-7H2,1H3,(H,11,12);/q;+1/p-1. The predicted molar refractivity (Wildman–Crippen MR) is 45.4 cm³/mol. The molecule has 0 N–H and O–H groups in total. The van der Waals surface area contributed by atoms with E-state index < -0.39 is 5.97 Å². The zero-order valence-corrected chi connectivity index (χ0v) is 10.7. The van der Waals surface area contributed by atoms with Gasteiger partial charge in [-0.2, -0.15) is 0 Å². The van der Waals surface area contributed by atoms with E-state index in [2.05, 4.69) is 0 Å². The molecule has 0 heterocycles. The quantitative estimate of drug-likeness (QED) is 0.502. The Kier molecular flexibility index (Phi) is 7.10. The maximum Gasteiger partial charge on any atom is 1.00 e. The Bertz CT molecular complexity index is 153. The van der Waals surface area contributed by atoms with Crippen LogP contribution in [0.4, 0.5) is 0 Å². The average molecular weight is 192 g/mol. The molecule has 3 heteroatoms. The van der Waals surface area contributed by atoms with Gasteiger partial charge in [0.1, 0.15) is 0 Å². The van der Waals surface area contributed by atoms with Crippen molar-refractivity contribution in [2.75, 3.05) is 0 Å². The summed E-state index contributed by atoms with van der Waals surface area (Å²) >= 11 is 0. The molecule has 0 aliphatic heterocycles. The Labute approximate surface area is 102 Å². The van der Waals surface area contributed by atoms with Crippen LogP contribution >= 0.6 is 0 Å². The molecule has 1 aliphatic rings. The van der Waals surface area contributed by atoms with Crippen molar-refractivity contribution in [1.29, 1.82) is 0 Å². The van der Waals surface area contributed by atoms with Gasteiger partial charge in [0.15, 0.2) is 0 Å². The Morgan fingerprint density at radius 2 is 1.92 bits per heavy atom. The van der Waals surface area contributed by atoms with E-state index in [1.54, 1.807) is 0 Å². The van der Waals surface area contributed by atoms with Crippen LogP contribution < -0.4 is 34.7 Å². The van der Waals surface area contributed by atoms with Crippen molar-refractivity contribution in [2.24, 2.45) is 11.8 Å². The summed E-state index contributed by atoms with van der Waals surface area (Å²) in [7, 11) is 0. The van der Waals surface area contributed by atoms with Crippen molar-refractivity contribution < 1.29 is 39.5 Å². The van der Waals surface area contributed by atoms with Gasteiger partial charge >= 0.3 is 29.6 Å². The van der Waals surface area contributed by atoms with Crippen LogP contribution in [0.15, 0.2) is 0 Å². The van der Waals surface area contributed by atoms with Gasteiger partial charge in [0.2, 0.25) is 0 Å². The third-order valence-corrected chi connectivity index (χ3v) is 2.96. The van der Waals surface area contributed by atoms with Crippen molar-refractivity contribution in [3.05, 3.63) is 0 Å². The molecule has 0 aromatic heterocycles. The Hall–Kier alpha value is 0.470. The summed E-state index contributed by atoms with van der Waals surface area (Å²) in [5.41, 5.74) is 0. The minimum Gasteiger partial charge on any atom is -0.550 e. The van der Waals surface area contributed by atoms with Gasteiger partial charge in [0.25, 0.3) is 0 Å². The second-order valence-electron chi connectivity index (χ2n) is 3.73. The summed E-state index contributed by atoms with van der Waals surface area (Å²) in [6, 6.07) is 0.